The van der Waals surface area contributed by atoms with E-state index in [0.29, 0.717) is 10.6 Å². The number of rotatable bonds is 6. The number of carboxylic acids is 2. The fourth-order valence-electron chi connectivity index (χ4n) is 1.43. The fourth-order valence-corrected chi connectivity index (χ4v) is 1.64. The zero-order valence-corrected chi connectivity index (χ0v) is 10.6. The first-order valence-electron chi connectivity index (χ1n) is 5.37. The lowest BCUT2D eigenvalue weighted by atomic mass is 10.1. The van der Waals surface area contributed by atoms with Crippen LogP contribution in [0.3, 0.4) is 0 Å². The molecule has 0 radical (unpaired) electrons. The van der Waals surface area contributed by atoms with E-state index in [1.165, 1.54) is 0 Å². The average Bonchev–Trinajstić information content (AvgIpc) is 2.30. The molecule has 0 spiro atoms. The van der Waals surface area contributed by atoms with Gasteiger partial charge in [0.15, 0.2) is 0 Å². The molecule has 0 saturated heterocycles. The molecule has 0 aliphatic carbocycles. The number of amides is 1. The fraction of sp³-hybridized carbons (Fsp3) is 0.250. The third-order valence-corrected chi connectivity index (χ3v) is 2.69. The molecule has 1 aromatic carbocycles. The molecular formula is C12H12ClNO5. The van der Waals surface area contributed by atoms with Gasteiger partial charge in [-0.15, -0.1) is 0 Å². The van der Waals surface area contributed by atoms with Crippen LogP contribution in [-0.4, -0.2) is 34.1 Å². The van der Waals surface area contributed by atoms with Crippen LogP contribution >= 0.6 is 11.6 Å². The third-order valence-electron chi connectivity index (χ3n) is 2.32. The van der Waals surface area contributed by atoms with Crippen molar-refractivity contribution in [2.75, 3.05) is 0 Å². The topological polar surface area (TPSA) is 104 Å². The Morgan fingerprint density at radius 3 is 2.37 bits per heavy atom. The lowest BCUT2D eigenvalue weighted by Gasteiger charge is -2.12. The molecule has 0 aliphatic rings. The van der Waals surface area contributed by atoms with E-state index in [1.807, 2.05) is 0 Å². The zero-order valence-electron chi connectivity index (χ0n) is 9.80. The lowest BCUT2D eigenvalue weighted by molar-refractivity contribution is -0.147. The Balaban J connectivity index is 2.65. The van der Waals surface area contributed by atoms with Gasteiger partial charge in [-0.25, -0.2) is 4.79 Å². The second kappa shape index (κ2) is 6.75. The maximum Gasteiger partial charge on any atom is 0.326 e. The van der Waals surface area contributed by atoms with E-state index in [9.17, 15) is 14.4 Å². The van der Waals surface area contributed by atoms with Crippen LogP contribution in [0.2, 0.25) is 5.02 Å². The summed E-state index contributed by atoms with van der Waals surface area (Å²) in [6, 6.07) is 5.19. The van der Waals surface area contributed by atoms with Crippen LogP contribution in [0.1, 0.15) is 12.0 Å². The van der Waals surface area contributed by atoms with Gasteiger partial charge < -0.3 is 15.5 Å². The van der Waals surface area contributed by atoms with Gasteiger partial charge in [0.05, 0.1) is 12.8 Å². The van der Waals surface area contributed by atoms with Gasteiger partial charge in [-0.3, -0.25) is 9.59 Å². The van der Waals surface area contributed by atoms with Gasteiger partial charge in [0.2, 0.25) is 5.91 Å². The lowest BCUT2D eigenvalue weighted by Crippen LogP contribution is -2.42. The van der Waals surface area contributed by atoms with E-state index in [1.54, 1.807) is 24.3 Å². The highest BCUT2D eigenvalue weighted by molar-refractivity contribution is 6.31. The Morgan fingerprint density at radius 1 is 1.21 bits per heavy atom. The largest absolute Gasteiger partial charge is 0.481 e. The highest BCUT2D eigenvalue weighted by Crippen LogP contribution is 2.15. The summed E-state index contributed by atoms with van der Waals surface area (Å²) >= 11 is 5.86. The molecule has 1 atom stereocenters. The van der Waals surface area contributed by atoms with Crippen molar-refractivity contribution in [3.05, 3.63) is 34.9 Å². The molecule has 0 aliphatic heterocycles. The molecule has 102 valence electrons. The minimum atomic E-state index is -1.45. The summed E-state index contributed by atoms with van der Waals surface area (Å²) in [6.45, 7) is 0. The SMILES string of the molecule is O=C(O)CC(NC(=O)Cc1ccccc1Cl)C(=O)O. The summed E-state index contributed by atoms with van der Waals surface area (Å²) in [4.78, 5) is 32.9. The molecule has 1 amide bonds. The summed E-state index contributed by atoms with van der Waals surface area (Å²) in [5.41, 5.74) is 0.543. The van der Waals surface area contributed by atoms with Gasteiger partial charge in [-0.2, -0.15) is 0 Å². The van der Waals surface area contributed by atoms with Crippen LogP contribution in [-0.2, 0) is 20.8 Å². The molecule has 0 aromatic heterocycles. The molecule has 1 aromatic rings. The molecule has 1 rings (SSSR count). The van der Waals surface area contributed by atoms with Crippen LogP contribution < -0.4 is 5.32 Å². The van der Waals surface area contributed by atoms with Crippen molar-refractivity contribution in [3.63, 3.8) is 0 Å². The second-order valence-electron chi connectivity index (χ2n) is 3.82. The number of aliphatic carboxylic acids is 2. The van der Waals surface area contributed by atoms with Gasteiger partial charge >= 0.3 is 11.9 Å². The van der Waals surface area contributed by atoms with E-state index in [0.717, 1.165) is 0 Å². The number of hydrogen-bond donors (Lipinski definition) is 3. The number of halogens is 1. The summed E-state index contributed by atoms with van der Waals surface area (Å²) in [6.07, 6.45) is -0.785. The number of carbonyl (C=O) groups is 3. The monoisotopic (exact) mass is 285 g/mol. The van der Waals surface area contributed by atoms with Crippen molar-refractivity contribution >= 4 is 29.4 Å². The molecule has 3 N–H and O–H groups in total. The molecule has 6 nitrogen and oxygen atoms in total. The van der Waals surface area contributed by atoms with Gasteiger partial charge in [0.25, 0.3) is 0 Å². The molecule has 0 saturated carbocycles. The molecule has 7 heteroatoms. The highest BCUT2D eigenvalue weighted by Gasteiger charge is 2.23. The molecule has 1 unspecified atom stereocenters. The Bertz CT molecular complexity index is 503. The minimum Gasteiger partial charge on any atom is -0.481 e. The summed E-state index contributed by atoms with van der Waals surface area (Å²) in [7, 11) is 0. The Hall–Kier alpha value is -2.08. The Morgan fingerprint density at radius 2 is 1.84 bits per heavy atom. The molecule has 19 heavy (non-hydrogen) atoms. The molecule has 0 heterocycles. The minimum absolute atomic E-state index is 0.108. The van der Waals surface area contributed by atoms with Gasteiger partial charge in [-0.1, -0.05) is 29.8 Å². The number of benzene rings is 1. The zero-order chi connectivity index (χ0) is 14.4. The van der Waals surface area contributed by atoms with Gasteiger partial charge in [0.1, 0.15) is 6.04 Å². The highest BCUT2D eigenvalue weighted by atomic mass is 35.5. The standard InChI is InChI=1S/C12H12ClNO5/c13-8-4-2-1-3-7(8)5-10(15)14-9(12(18)19)6-11(16)17/h1-4,9H,5-6H2,(H,14,15)(H,16,17)(H,18,19). The van der Waals surface area contributed by atoms with Crippen molar-refractivity contribution in [1.82, 2.24) is 5.32 Å². The summed E-state index contributed by atoms with van der Waals surface area (Å²) < 4.78 is 0. The van der Waals surface area contributed by atoms with Crippen LogP contribution in [0.15, 0.2) is 24.3 Å². The third kappa shape index (κ3) is 4.97. The van der Waals surface area contributed by atoms with E-state index in [2.05, 4.69) is 5.32 Å². The van der Waals surface area contributed by atoms with E-state index in [4.69, 9.17) is 21.8 Å². The molecule has 0 bridgehead atoms. The van der Waals surface area contributed by atoms with Crippen LogP contribution in [0.25, 0.3) is 0 Å². The Kier molecular flexibility index (Phi) is 5.32. The van der Waals surface area contributed by atoms with Crippen molar-refractivity contribution in [3.8, 4) is 0 Å². The molecule has 0 fully saturated rings. The predicted molar refractivity (Wildman–Crippen MR) is 67.0 cm³/mol. The van der Waals surface area contributed by atoms with Crippen molar-refractivity contribution < 1.29 is 24.6 Å². The van der Waals surface area contributed by atoms with Crippen molar-refractivity contribution in [2.45, 2.75) is 18.9 Å². The number of carboxylic acid groups (broad SMARTS) is 2. The summed E-state index contributed by atoms with van der Waals surface area (Å²) in [5.74, 6) is -3.29. The number of nitrogens with one attached hydrogen (secondary N) is 1. The van der Waals surface area contributed by atoms with Gasteiger partial charge in [0, 0.05) is 5.02 Å². The first-order valence-corrected chi connectivity index (χ1v) is 5.75. The summed E-state index contributed by atoms with van der Waals surface area (Å²) in [5, 5.41) is 19.9. The first-order chi connectivity index (χ1) is 8.90. The maximum atomic E-state index is 11.6. The second-order valence-corrected chi connectivity index (χ2v) is 4.23. The number of hydrogen-bond acceptors (Lipinski definition) is 3. The number of carbonyl (C=O) groups excluding carboxylic acids is 1. The van der Waals surface area contributed by atoms with E-state index in [-0.39, 0.29) is 6.42 Å². The quantitative estimate of drug-likeness (QED) is 0.721. The smallest absolute Gasteiger partial charge is 0.326 e. The predicted octanol–water partition coefficient (Wildman–Crippen LogP) is 0.927. The van der Waals surface area contributed by atoms with Gasteiger partial charge in [-0.05, 0) is 11.6 Å². The maximum absolute atomic E-state index is 11.6. The van der Waals surface area contributed by atoms with E-state index >= 15 is 0 Å². The molecular weight excluding hydrogens is 274 g/mol. The average molecular weight is 286 g/mol. The van der Waals surface area contributed by atoms with Crippen LogP contribution in [0, 0.1) is 0 Å². The van der Waals surface area contributed by atoms with Crippen LogP contribution in [0.4, 0.5) is 0 Å². The van der Waals surface area contributed by atoms with Crippen LogP contribution in [0.5, 0.6) is 0 Å². The first kappa shape index (κ1) is 15.0. The van der Waals surface area contributed by atoms with Crippen molar-refractivity contribution in [2.24, 2.45) is 0 Å². The van der Waals surface area contributed by atoms with Crippen molar-refractivity contribution in [1.29, 1.82) is 0 Å². The normalized spacial score (nSPS) is 11.6. The van der Waals surface area contributed by atoms with E-state index < -0.39 is 30.3 Å². The Labute approximate surface area is 114 Å².